The van der Waals surface area contributed by atoms with E-state index in [4.69, 9.17) is 14.1 Å². The van der Waals surface area contributed by atoms with Crippen molar-refractivity contribution < 1.29 is 40.9 Å². The Kier molecular flexibility index (Phi) is 10.0. The van der Waals surface area contributed by atoms with Crippen molar-refractivity contribution in [2.24, 2.45) is 10.3 Å². The van der Waals surface area contributed by atoms with E-state index in [1.807, 2.05) is 13.1 Å². The number of hydrogen-bond acceptors (Lipinski definition) is 11. The van der Waals surface area contributed by atoms with Gasteiger partial charge in [-0.1, -0.05) is 31.1 Å². The third kappa shape index (κ3) is 8.36. The fraction of sp³-hybridized carbons (Fsp3) is 0.708. The second-order valence-corrected chi connectivity index (χ2v) is 18.2. The molecule has 0 unspecified atom stereocenters. The minimum atomic E-state index is -4.99. The van der Waals surface area contributed by atoms with Crippen LogP contribution in [-0.4, -0.2) is 97.6 Å². The first-order valence-corrected chi connectivity index (χ1v) is 17.9. The summed E-state index contributed by atoms with van der Waals surface area (Å²) in [5.74, 6) is 0.287. The molecule has 2 bridgehead atoms. The number of hydrogen-bond donors (Lipinski definition) is 3. The smallest absolute Gasteiger partial charge is 0.418 e. The first-order valence-electron chi connectivity index (χ1n) is 13.6. The number of nitrogens with zero attached hydrogens (tertiary/aromatic N) is 6. The maximum atomic E-state index is 13.3. The van der Waals surface area contributed by atoms with Crippen molar-refractivity contribution in [1.82, 2.24) is 30.4 Å². The number of oxime groups is 2. The van der Waals surface area contributed by atoms with E-state index in [1.54, 1.807) is 32.5 Å². The predicted octanol–water partition coefficient (Wildman–Crippen LogP) is 2.53. The number of rotatable bonds is 11. The molecule has 0 aromatic carbocycles. The Morgan fingerprint density at radius 3 is 2.51 bits per heavy atom. The molecule has 2 aliphatic rings. The van der Waals surface area contributed by atoms with Gasteiger partial charge in [0.1, 0.15) is 24.3 Å². The number of carbonyl (C=O) groups is 2. The molecule has 2 aliphatic heterocycles. The molecule has 17 nitrogen and oxygen atoms in total. The van der Waals surface area contributed by atoms with Gasteiger partial charge in [-0.15, -0.1) is 4.28 Å². The molecule has 0 spiro atoms. The highest BCUT2D eigenvalue weighted by atomic mass is 32.3. The van der Waals surface area contributed by atoms with Gasteiger partial charge >= 0.3 is 22.5 Å². The lowest BCUT2D eigenvalue weighted by Gasteiger charge is -2.35. The number of likely N-dealkylation sites (N-methyl/N-ethyl adjacent to an activating group) is 1. The Morgan fingerprint density at radius 1 is 1.26 bits per heavy atom. The van der Waals surface area contributed by atoms with Crippen LogP contribution in [-0.2, 0) is 35.3 Å². The van der Waals surface area contributed by atoms with Gasteiger partial charge in [-0.25, -0.2) is 9.59 Å². The molecular formula is C24H42N8O9SSi. The maximum Gasteiger partial charge on any atom is 0.418 e. The lowest BCUT2D eigenvalue weighted by atomic mass is 9.97. The Labute approximate surface area is 252 Å². The Bertz CT molecular complexity index is 1350. The number of alkyl carbamates (subject to hydrolysis) is 1. The van der Waals surface area contributed by atoms with E-state index in [0.29, 0.717) is 16.3 Å². The summed E-state index contributed by atoms with van der Waals surface area (Å²) in [5, 5.41) is 18.8. The zero-order valence-electron chi connectivity index (χ0n) is 25.9. The molecule has 3 heterocycles. The fourth-order valence-corrected chi connectivity index (χ4v) is 4.99. The number of fused-ring (bicyclic) bond motifs is 4. The highest BCUT2D eigenvalue weighted by molar-refractivity contribution is 7.80. The third-order valence-electron chi connectivity index (χ3n) is 7.06. The first-order chi connectivity index (χ1) is 19.8. The van der Waals surface area contributed by atoms with Gasteiger partial charge in [0, 0.05) is 12.6 Å². The number of amidine groups is 1. The summed E-state index contributed by atoms with van der Waals surface area (Å²) in [5.41, 5.74) is 0.382. The van der Waals surface area contributed by atoms with E-state index in [2.05, 4.69) is 51.1 Å². The highest BCUT2D eigenvalue weighted by Gasteiger charge is 2.53. The molecule has 2 atom stereocenters. The minimum Gasteiger partial charge on any atom is -0.453 e. The average molecular weight is 647 g/mol. The molecule has 0 saturated carbocycles. The number of nitrogens with one attached hydrogen (secondary N) is 2. The monoisotopic (exact) mass is 646 g/mol. The molecule has 3 N–H and O–H groups in total. The molecule has 0 radical (unpaired) electrons. The van der Waals surface area contributed by atoms with Crippen LogP contribution in [0, 0.1) is 0 Å². The van der Waals surface area contributed by atoms with Gasteiger partial charge in [-0.2, -0.15) is 18.6 Å². The maximum absolute atomic E-state index is 13.3. The summed E-state index contributed by atoms with van der Waals surface area (Å²) < 4.78 is 49.9. The highest BCUT2D eigenvalue weighted by Crippen LogP contribution is 2.45. The van der Waals surface area contributed by atoms with Crippen LogP contribution in [0.2, 0.25) is 18.1 Å². The van der Waals surface area contributed by atoms with E-state index in [-0.39, 0.29) is 37.1 Å². The summed E-state index contributed by atoms with van der Waals surface area (Å²) >= 11 is 0. The van der Waals surface area contributed by atoms with Crippen LogP contribution in [0.15, 0.2) is 16.5 Å². The van der Waals surface area contributed by atoms with Gasteiger partial charge in [-0.05, 0) is 38.9 Å². The molecule has 1 fully saturated rings. The van der Waals surface area contributed by atoms with Crippen LogP contribution in [0.5, 0.6) is 0 Å². The summed E-state index contributed by atoms with van der Waals surface area (Å²) in [6, 6.07) is -2.53. The van der Waals surface area contributed by atoms with Crippen LogP contribution in [0.4, 0.5) is 9.59 Å². The van der Waals surface area contributed by atoms with E-state index in [0.717, 1.165) is 0 Å². The quantitative estimate of drug-likeness (QED) is 0.0797. The van der Waals surface area contributed by atoms with Gasteiger partial charge in [-0.3, -0.25) is 9.23 Å². The SMILES string of the molecule is CN/C(=N\O[Si](C)(C)C(C)(C)C)[C@@H]1c2c(cnn2C/C=N/OCCNC(=O)OC(C)(C)C)[C@@H]2CN1C(=O)N2OS(=O)(=O)O. The topological polar surface area (TPSA) is 199 Å². The third-order valence-corrected chi connectivity index (χ3v) is 11.6. The molecular weight excluding hydrogens is 604 g/mol. The van der Waals surface area contributed by atoms with Crippen molar-refractivity contribution in [1.29, 1.82) is 0 Å². The van der Waals surface area contributed by atoms with E-state index in [1.165, 1.54) is 17.3 Å². The molecule has 3 rings (SSSR count). The number of urea groups is 1. The molecule has 19 heteroatoms. The molecule has 0 aliphatic carbocycles. The molecule has 1 aromatic heterocycles. The van der Waals surface area contributed by atoms with Crippen molar-refractivity contribution >= 4 is 42.9 Å². The van der Waals surface area contributed by atoms with Crippen molar-refractivity contribution in [3.05, 3.63) is 17.5 Å². The summed E-state index contributed by atoms with van der Waals surface area (Å²) in [6.45, 7) is 15.9. The van der Waals surface area contributed by atoms with E-state index in [9.17, 15) is 22.6 Å². The fourth-order valence-electron chi connectivity index (χ4n) is 4.02. The van der Waals surface area contributed by atoms with E-state index < -0.39 is 48.5 Å². The molecule has 43 heavy (non-hydrogen) atoms. The molecule has 242 valence electrons. The van der Waals surface area contributed by atoms with Crippen molar-refractivity contribution in [2.45, 2.75) is 83.9 Å². The zero-order chi connectivity index (χ0) is 32.4. The Morgan fingerprint density at radius 2 is 1.93 bits per heavy atom. The minimum absolute atomic E-state index is 0.0420. The molecule has 1 saturated heterocycles. The normalized spacial score (nSPS) is 19.5. The lowest BCUT2D eigenvalue weighted by molar-refractivity contribution is -0.0316. The van der Waals surface area contributed by atoms with Crippen LogP contribution in [0.3, 0.4) is 0 Å². The molecule has 3 amide bonds. The standard InChI is InChI=1S/C24H42N8O9SSi/c1-23(2,3)39-21(33)26-11-13-38-28-10-12-31-18-16(14-27-31)17-15-30(22(34)32(17)41-42(35,36)37)19(18)20(25-7)29-40-43(8,9)24(4,5)6/h10,14,17,19H,11-13,15H2,1-9H3,(H,25,29)(H,26,33)(H,35,36,37)/b28-10+/t17-,19-/m0/s1. The van der Waals surface area contributed by atoms with Gasteiger partial charge in [0.15, 0.2) is 5.84 Å². The predicted molar refractivity (Wildman–Crippen MR) is 158 cm³/mol. The average Bonchev–Trinajstić information content (AvgIpc) is 3.38. The largest absolute Gasteiger partial charge is 0.453 e. The van der Waals surface area contributed by atoms with E-state index >= 15 is 0 Å². The van der Waals surface area contributed by atoms with Gasteiger partial charge in [0.2, 0.25) is 0 Å². The number of hydroxylamine groups is 2. The lowest BCUT2D eigenvalue weighted by Crippen LogP contribution is -2.45. The van der Waals surface area contributed by atoms with Crippen molar-refractivity contribution in [3.63, 3.8) is 0 Å². The van der Waals surface area contributed by atoms with Crippen LogP contribution < -0.4 is 10.6 Å². The Hall–Kier alpha value is -3.42. The van der Waals surface area contributed by atoms with Gasteiger partial charge < -0.3 is 29.6 Å². The number of carbonyl (C=O) groups excluding carboxylic acids is 2. The first kappa shape index (κ1) is 34.1. The summed E-state index contributed by atoms with van der Waals surface area (Å²) in [7, 11) is -5.71. The van der Waals surface area contributed by atoms with Gasteiger partial charge in [0.05, 0.1) is 37.7 Å². The molecule has 1 aromatic rings. The number of ether oxygens (including phenoxy) is 1. The van der Waals surface area contributed by atoms with Crippen LogP contribution in [0.1, 0.15) is 64.9 Å². The second-order valence-electron chi connectivity index (χ2n) is 12.5. The number of aromatic nitrogens is 2. The van der Waals surface area contributed by atoms with Gasteiger partial charge in [0.25, 0.3) is 8.32 Å². The number of amides is 3. The van der Waals surface area contributed by atoms with Crippen molar-refractivity contribution in [2.75, 3.05) is 26.7 Å². The summed E-state index contributed by atoms with van der Waals surface area (Å²) in [4.78, 5) is 31.7. The van der Waals surface area contributed by atoms with Crippen molar-refractivity contribution in [3.8, 4) is 0 Å². The Balaban J connectivity index is 1.84. The zero-order valence-corrected chi connectivity index (χ0v) is 27.8. The van der Waals surface area contributed by atoms with Crippen LogP contribution in [0.25, 0.3) is 0 Å². The van der Waals surface area contributed by atoms with Crippen LogP contribution >= 0.6 is 0 Å². The summed E-state index contributed by atoms with van der Waals surface area (Å²) in [6.07, 6.45) is 2.37. The second kappa shape index (κ2) is 12.7.